The van der Waals surface area contributed by atoms with Crippen molar-refractivity contribution in [1.29, 1.82) is 5.26 Å². The van der Waals surface area contributed by atoms with Crippen LogP contribution in [0.2, 0.25) is 0 Å². The van der Waals surface area contributed by atoms with E-state index < -0.39 is 0 Å². The van der Waals surface area contributed by atoms with E-state index in [9.17, 15) is 4.79 Å². The van der Waals surface area contributed by atoms with Crippen molar-refractivity contribution in [3.63, 3.8) is 0 Å². The van der Waals surface area contributed by atoms with Gasteiger partial charge in [-0.25, -0.2) is 0 Å². The number of hydrogen-bond donors (Lipinski definition) is 2. The molecule has 2 heterocycles. The number of carbonyl (C=O) groups is 1. The summed E-state index contributed by atoms with van der Waals surface area (Å²) in [6.45, 7) is 8.22. The lowest BCUT2D eigenvalue weighted by molar-refractivity contribution is -0.0254. The molecule has 2 rings (SSSR count). The predicted molar refractivity (Wildman–Crippen MR) is 83.5 cm³/mol. The second kappa shape index (κ2) is 7.43. The molecule has 1 aromatic rings. The van der Waals surface area contributed by atoms with E-state index >= 15 is 0 Å². The van der Waals surface area contributed by atoms with E-state index in [1.54, 1.807) is 12.3 Å². The van der Waals surface area contributed by atoms with Crippen LogP contribution in [0.5, 0.6) is 0 Å². The zero-order chi connectivity index (χ0) is 16.0. The van der Waals surface area contributed by atoms with Crippen LogP contribution in [0.1, 0.15) is 42.7 Å². The normalized spacial score (nSPS) is 16.2. The smallest absolute Gasteiger partial charge is 0.267 e. The average Bonchev–Trinajstić information content (AvgIpc) is 3.06. The molecule has 0 aliphatic carbocycles. The summed E-state index contributed by atoms with van der Waals surface area (Å²) in [6.07, 6.45) is 3.49. The number of rotatable bonds is 6. The molecule has 0 saturated carbocycles. The van der Waals surface area contributed by atoms with Gasteiger partial charge in [0.1, 0.15) is 11.8 Å². The van der Waals surface area contributed by atoms with Gasteiger partial charge in [0, 0.05) is 31.4 Å². The van der Waals surface area contributed by atoms with Crippen LogP contribution in [0, 0.1) is 11.3 Å². The van der Waals surface area contributed by atoms with E-state index in [1.807, 2.05) is 6.07 Å². The van der Waals surface area contributed by atoms with E-state index in [1.165, 1.54) is 0 Å². The maximum Gasteiger partial charge on any atom is 0.267 e. The van der Waals surface area contributed by atoms with Gasteiger partial charge in [0.15, 0.2) is 0 Å². The molecule has 0 bridgehead atoms. The van der Waals surface area contributed by atoms with E-state index in [-0.39, 0.29) is 11.4 Å². The van der Waals surface area contributed by atoms with Gasteiger partial charge in [-0.15, -0.1) is 0 Å². The molecule has 6 heteroatoms. The van der Waals surface area contributed by atoms with Crippen molar-refractivity contribution < 1.29 is 9.53 Å². The molecule has 22 heavy (non-hydrogen) atoms. The molecule has 0 spiro atoms. The van der Waals surface area contributed by atoms with E-state index in [0.717, 1.165) is 39.1 Å². The minimum absolute atomic E-state index is 0.0376. The number of hydrogen-bond acceptors (Lipinski definition) is 4. The number of aromatic amines is 1. The predicted octanol–water partition coefficient (Wildman–Crippen LogP) is 1.51. The summed E-state index contributed by atoms with van der Waals surface area (Å²) in [7, 11) is 0. The van der Waals surface area contributed by atoms with Crippen molar-refractivity contribution in [2.45, 2.75) is 32.2 Å². The standard InChI is InChI=1S/C16H24N4O2/c1-3-16(4-2,20-5-7-22-8-6-20)12-19-15(21)14-9-13(10-17)11-18-14/h9,11,18H,3-8,12H2,1-2H3,(H,19,21). The molecule has 0 atom stereocenters. The maximum absolute atomic E-state index is 12.2. The lowest BCUT2D eigenvalue weighted by atomic mass is 9.89. The summed E-state index contributed by atoms with van der Waals surface area (Å²) in [6, 6.07) is 3.59. The Morgan fingerprint density at radius 1 is 1.45 bits per heavy atom. The number of nitriles is 1. The molecular weight excluding hydrogens is 280 g/mol. The first-order valence-corrected chi connectivity index (χ1v) is 7.84. The highest BCUT2D eigenvalue weighted by Crippen LogP contribution is 2.24. The second-order valence-electron chi connectivity index (χ2n) is 5.63. The van der Waals surface area contributed by atoms with Crippen LogP contribution in [0.4, 0.5) is 0 Å². The van der Waals surface area contributed by atoms with Crippen LogP contribution in [0.25, 0.3) is 0 Å². The number of ether oxygens (including phenoxy) is 1. The minimum atomic E-state index is -0.166. The summed E-state index contributed by atoms with van der Waals surface area (Å²) < 4.78 is 5.43. The highest BCUT2D eigenvalue weighted by Gasteiger charge is 2.34. The zero-order valence-corrected chi connectivity index (χ0v) is 13.3. The Hall–Kier alpha value is -1.84. The number of morpholine rings is 1. The van der Waals surface area contributed by atoms with E-state index in [4.69, 9.17) is 10.00 Å². The molecule has 1 aliphatic rings. The largest absolute Gasteiger partial charge is 0.379 e. The molecule has 0 aromatic carbocycles. The molecule has 120 valence electrons. The third kappa shape index (κ3) is 3.49. The summed E-state index contributed by atoms with van der Waals surface area (Å²) in [4.78, 5) is 17.5. The Bertz CT molecular complexity index is 537. The third-order valence-electron chi connectivity index (χ3n) is 4.63. The Kier molecular flexibility index (Phi) is 5.58. The molecule has 2 N–H and O–H groups in total. The Balaban J connectivity index is 2.01. The fourth-order valence-electron chi connectivity index (χ4n) is 3.03. The Morgan fingerprint density at radius 2 is 2.14 bits per heavy atom. The third-order valence-corrected chi connectivity index (χ3v) is 4.63. The summed E-state index contributed by atoms with van der Waals surface area (Å²) in [5.74, 6) is -0.166. The van der Waals surface area contributed by atoms with Crippen molar-refractivity contribution in [2.24, 2.45) is 0 Å². The van der Waals surface area contributed by atoms with Crippen molar-refractivity contribution in [2.75, 3.05) is 32.8 Å². The average molecular weight is 304 g/mol. The van der Waals surface area contributed by atoms with Crippen molar-refractivity contribution in [1.82, 2.24) is 15.2 Å². The summed E-state index contributed by atoms with van der Waals surface area (Å²) >= 11 is 0. The van der Waals surface area contributed by atoms with Crippen LogP contribution in [-0.4, -0.2) is 54.2 Å². The maximum atomic E-state index is 12.2. The quantitative estimate of drug-likeness (QED) is 0.834. The lowest BCUT2D eigenvalue weighted by Gasteiger charge is -2.45. The highest BCUT2D eigenvalue weighted by molar-refractivity contribution is 5.92. The van der Waals surface area contributed by atoms with Gasteiger partial charge in [-0.05, 0) is 18.9 Å². The lowest BCUT2D eigenvalue weighted by Crippen LogP contribution is -2.58. The van der Waals surface area contributed by atoms with Crippen molar-refractivity contribution >= 4 is 5.91 Å². The van der Waals surface area contributed by atoms with Crippen molar-refractivity contribution in [3.8, 4) is 6.07 Å². The van der Waals surface area contributed by atoms with Crippen LogP contribution >= 0.6 is 0 Å². The van der Waals surface area contributed by atoms with Gasteiger partial charge in [0.05, 0.1) is 18.8 Å². The first-order chi connectivity index (χ1) is 10.6. The molecule has 0 unspecified atom stereocenters. The van der Waals surface area contributed by atoms with Crippen molar-refractivity contribution in [3.05, 3.63) is 23.5 Å². The van der Waals surface area contributed by atoms with Crippen LogP contribution in [0.15, 0.2) is 12.3 Å². The zero-order valence-electron chi connectivity index (χ0n) is 13.3. The topological polar surface area (TPSA) is 81.2 Å². The summed E-state index contributed by atoms with van der Waals surface area (Å²) in [5.41, 5.74) is 0.861. The number of aromatic nitrogens is 1. The molecule has 1 saturated heterocycles. The van der Waals surface area contributed by atoms with Gasteiger partial charge < -0.3 is 15.0 Å². The molecular formula is C16H24N4O2. The number of amides is 1. The molecule has 1 aliphatic heterocycles. The number of H-pyrrole nitrogens is 1. The number of nitrogens with one attached hydrogen (secondary N) is 2. The highest BCUT2D eigenvalue weighted by atomic mass is 16.5. The van der Waals surface area contributed by atoms with Crippen LogP contribution in [0.3, 0.4) is 0 Å². The van der Waals surface area contributed by atoms with Gasteiger partial charge in [0.2, 0.25) is 0 Å². The number of nitrogens with zero attached hydrogens (tertiary/aromatic N) is 2. The van der Waals surface area contributed by atoms with E-state index in [2.05, 4.69) is 29.0 Å². The molecule has 0 radical (unpaired) electrons. The Labute approximate surface area is 131 Å². The molecule has 6 nitrogen and oxygen atoms in total. The monoisotopic (exact) mass is 304 g/mol. The first-order valence-electron chi connectivity index (χ1n) is 7.84. The fourth-order valence-corrected chi connectivity index (χ4v) is 3.03. The van der Waals surface area contributed by atoms with Gasteiger partial charge in [-0.1, -0.05) is 13.8 Å². The number of carbonyl (C=O) groups excluding carboxylic acids is 1. The van der Waals surface area contributed by atoms with Crippen LogP contribution < -0.4 is 5.32 Å². The van der Waals surface area contributed by atoms with Gasteiger partial charge in [-0.3, -0.25) is 9.69 Å². The second-order valence-corrected chi connectivity index (χ2v) is 5.63. The fraction of sp³-hybridized carbons (Fsp3) is 0.625. The molecule has 1 aromatic heterocycles. The first kappa shape index (κ1) is 16.5. The van der Waals surface area contributed by atoms with E-state index in [0.29, 0.717) is 17.8 Å². The minimum Gasteiger partial charge on any atom is -0.379 e. The van der Waals surface area contributed by atoms with Crippen LogP contribution in [-0.2, 0) is 4.74 Å². The molecule has 1 amide bonds. The molecule has 1 fully saturated rings. The van der Waals surface area contributed by atoms with Gasteiger partial charge in [0.25, 0.3) is 5.91 Å². The SMILES string of the molecule is CCC(CC)(CNC(=O)c1cc(C#N)c[nH]1)N1CCOCC1. The van der Waals surface area contributed by atoms with Gasteiger partial charge >= 0.3 is 0 Å². The Morgan fingerprint density at radius 3 is 2.68 bits per heavy atom. The van der Waals surface area contributed by atoms with Gasteiger partial charge in [-0.2, -0.15) is 5.26 Å². The summed E-state index contributed by atoms with van der Waals surface area (Å²) in [5, 5.41) is 11.8.